The van der Waals surface area contributed by atoms with Crippen LogP contribution in [0.2, 0.25) is 0 Å². The normalized spacial score (nSPS) is 32.9. The summed E-state index contributed by atoms with van der Waals surface area (Å²) < 4.78 is 0. The molecular formula is C10H20N4O. The first-order valence-corrected chi connectivity index (χ1v) is 5.75. The van der Waals surface area contributed by atoms with Crippen LogP contribution in [-0.2, 0) is 0 Å². The lowest BCUT2D eigenvalue weighted by molar-refractivity contribution is 0.182. The Morgan fingerprint density at radius 2 is 2.27 bits per heavy atom. The summed E-state index contributed by atoms with van der Waals surface area (Å²) in [6.45, 7) is 2.93. The summed E-state index contributed by atoms with van der Waals surface area (Å²) in [7, 11) is 0. The average molecular weight is 212 g/mol. The molecule has 5 heteroatoms. The highest BCUT2D eigenvalue weighted by Crippen LogP contribution is 2.26. The van der Waals surface area contributed by atoms with E-state index in [4.69, 9.17) is 10.9 Å². The predicted molar refractivity (Wildman–Crippen MR) is 59.0 cm³/mol. The molecule has 0 saturated carbocycles. The number of nitrogens with zero attached hydrogens (tertiary/aromatic N) is 2. The van der Waals surface area contributed by atoms with E-state index in [9.17, 15) is 0 Å². The van der Waals surface area contributed by atoms with Gasteiger partial charge in [-0.1, -0.05) is 11.6 Å². The van der Waals surface area contributed by atoms with Gasteiger partial charge in [0.2, 0.25) is 0 Å². The lowest BCUT2D eigenvalue weighted by atomic mass is 9.99. The van der Waals surface area contributed by atoms with Crippen molar-refractivity contribution in [3.63, 3.8) is 0 Å². The van der Waals surface area contributed by atoms with Gasteiger partial charge in [0.1, 0.15) is 0 Å². The van der Waals surface area contributed by atoms with Gasteiger partial charge in [0, 0.05) is 18.6 Å². The van der Waals surface area contributed by atoms with Gasteiger partial charge in [-0.2, -0.15) is 0 Å². The number of amidine groups is 1. The quantitative estimate of drug-likeness (QED) is 0.265. The zero-order valence-corrected chi connectivity index (χ0v) is 9.02. The maximum Gasteiger partial charge on any atom is 0.153 e. The third-order valence-corrected chi connectivity index (χ3v) is 3.53. The predicted octanol–water partition coefficient (Wildman–Crippen LogP) is -0.0508. The Morgan fingerprint density at radius 1 is 1.40 bits per heavy atom. The molecule has 5 nitrogen and oxygen atoms in total. The van der Waals surface area contributed by atoms with Crippen molar-refractivity contribution >= 4 is 5.84 Å². The van der Waals surface area contributed by atoms with Crippen molar-refractivity contribution in [1.82, 2.24) is 10.2 Å². The fraction of sp³-hybridized carbons (Fsp3) is 0.900. The molecule has 0 bridgehead atoms. The second-order valence-corrected chi connectivity index (χ2v) is 4.47. The molecule has 0 aliphatic carbocycles. The first-order valence-electron chi connectivity index (χ1n) is 5.75. The van der Waals surface area contributed by atoms with Crippen LogP contribution in [0.25, 0.3) is 0 Å². The number of piperidine rings is 1. The van der Waals surface area contributed by atoms with Crippen molar-refractivity contribution in [2.24, 2.45) is 10.9 Å². The van der Waals surface area contributed by atoms with Crippen LogP contribution >= 0.6 is 0 Å². The van der Waals surface area contributed by atoms with Crippen LogP contribution in [0, 0.1) is 0 Å². The summed E-state index contributed by atoms with van der Waals surface area (Å²) in [6, 6.07) is 1.19. The first-order chi connectivity index (χ1) is 7.31. The van der Waals surface area contributed by atoms with E-state index in [-0.39, 0.29) is 5.84 Å². The van der Waals surface area contributed by atoms with Crippen LogP contribution < -0.4 is 11.1 Å². The number of fused-ring (bicyclic) bond motifs is 1. The van der Waals surface area contributed by atoms with Crippen LogP contribution in [0.5, 0.6) is 0 Å². The Bertz CT molecular complexity index is 244. The van der Waals surface area contributed by atoms with Crippen molar-refractivity contribution in [1.29, 1.82) is 0 Å². The maximum atomic E-state index is 8.45. The third kappa shape index (κ3) is 2.41. The zero-order chi connectivity index (χ0) is 10.7. The largest absolute Gasteiger partial charge is 0.409 e. The van der Waals surface area contributed by atoms with Crippen molar-refractivity contribution in [3.8, 4) is 0 Å². The Labute approximate surface area is 90.3 Å². The molecule has 2 fully saturated rings. The number of oxime groups is 1. The van der Waals surface area contributed by atoms with Gasteiger partial charge >= 0.3 is 0 Å². The summed E-state index contributed by atoms with van der Waals surface area (Å²) in [5.41, 5.74) is 5.44. The highest BCUT2D eigenvalue weighted by atomic mass is 16.4. The van der Waals surface area contributed by atoms with Gasteiger partial charge in [0.05, 0.1) is 6.54 Å². The van der Waals surface area contributed by atoms with Crippen LogP contribution in [0.1, 0.15) is 25.7 Å². The summed E-state index contributed by atoms with van der Waals surface area (Å²) in [5.74, 6) is 0.268. The van der Waals surface area contributed by atoms with Crippen molar-refractivity contribution < 1.29 is 5.21 Å². The molecule has 2 unspecified atom stereocenters. The van der Waals surface area contributed by atoms with E-state index < -0.39 is 0 Å². The summed E-state index contributed by atoms with van der Waals surface area (Å²) in [5, 5.41) is 14.8. The van der Waals surface area contributed by atoms with Crippen LogP contribution in [-0.4, -0.2) is 47.7 Å². The molecule has 15 heavy (non-hydrogen) atoms. The molecule has 2 atom stereocenters. The fourth-order valence-electron chi connectivity index (χ4n) is 2.76. The van der Waals surface area contributed by atoms with Gasteiger partial charge in [0.25, 0.3) is 0 Å². The minimum Gasteiger partial charge on any atom is -0.409 e. The molecule has 0 spiro atoms. The maximum absolute atomic E-state index is 8.45. The third-order valence-electron chi connectivity index (χ3n) is 3.53. The molecule has 2 heterocycles. The lowest BCUT2D eigenvalue weighted by Crippen LogP contribution is -2.47. The zero-order valence-electron chi connectivity index (χ0n) is 9.02. The van der Waals surface area contributed by atoms with Crippen LogP contribution in [0.15, 0.2) is 5.16 Å². The Hall–Kier alpha value is -0.810. The Kier molecular flexibility index (Phi) is 3.43. The van der Waals surface area contributed by atoms with Gasteiger partial charge in [0.15, 0.2) is 5.84 Å². The van der Waals surface area contributed by atoms with Gasteiger partial charge < -0.3 is 16.3 Å². The van der Waals surface area contributed by atoms with Gasteiger partial charge in [-0.15, -0.1) is 0 Å². The SMILES string of the molecule is NC(CNC1CCN2CCCCC12)=NO. The monoisotopic (exact) mass is 212 g/mol. The number of nitrogens with one attached hydrogen (secondary N) is 1. The summed E-state index contributed by atoms with van der Waals surface area (Å²) in [6.07, 6.45) is 5.14. The molecule has 86 valence electrons. The highest BCUT2D eigenvalue weighted by molar-refractivity contribution is 5.81. The summed E-state index contributed by atoms with van der Waals surface area (Å²) >= 11 is 0. The molecular weight excluding hydrogens is 192 g/mol. The molecule has 0 amide bonds. The number of nitrogens with two attached hydrogens (primary N) is 1. The van der Waals surface area contributed by atoms with Crippen molar-refractivity contribution in [2.45, 2.75) is 37.8 Å². The molecule has 2 rings (SSSR count). The van der Waals surface area contributed by atoms with E-state index in [1.54, 1.807) is 0 Å². The smallest absolute Gasteiger partial charge is 0.153 e. The van der Waals surface area contributed by atoms with Crippen LogP contribution in [0.4, 0.5) is 0 Å². The minimum absolute atomic E-state index is 0.268. The second-order valence-electron chi connectivity index (χ2n) is 4.47. The van der Waals surface area contributed by atoms with E-state index >= 15 is 0 Å². The first kappa shape index (κ1) is 10.7. The highest BCUT2D eigenvalue weighted by Gasteiger charge is 2.34. The van der Waals surface area contributed by atoms with E-state index in [1.165, 1.54) is 38.8 Å². The standard InChI is InChI=1S/C10H20N4O/c11-10(13-15)7-12-8-4-6-14-5-2-1-3-9(8)14/h8-9,12,15H,1-7H2,(H2,11,13). The van der Waals surface area contributed by atoms with Crippen LogP contribution in [0.3, 0.4) is 0 Å². The van der Waals surface area contributed by atoms with E-state index in [0.717, 1.165) is 0 Å². The summed E-state index contributed by atoms with van der Waals surface area (Å²) in [4.78, 5) is 2.56. The van der Waals surface area contributed by atoms with Crippen molar-refractivity contribution in [2.75, 3.05) is 19.6 Å². The van der Waals surface area contributed by atoms with E-state index in [1.807, 2.05) is 0 Å². The van der Waals surface area contributed by atoms with E-state index in [2.05, 4.69) is 15.4 Å². The fourth-order valence-corrected chi connectivity index (χ4v) is 2.76. The molecule has 2 saturated heterocycles. The van der Waals surface area contributed by atoms with Crippen molar-refractivity contribution in [3.05, 3.63) is 0 Å². The van der Waals surface area contributed by atoms with Gasteiger partial charge in [-0.05, 0) is 25.8 Å². The average Bonchev–Trinajstić information content (AvgIpc) is 2.69. The molecule has 4 N–H and O–H groups in total. The van der Waals surface area contributed by atoms with Gasteiger partial charge in [-0.3, -0.25) is 4.90 Å². The topological polar surface area (TPSA) is 73.9 Å². The molecule has 2 aliphatic heterocycles. The van der Waals surface area contributed by atoms with Gasteiger partial charge in [-0.25, -0.2) is 0 Å². The lowest BCUT2D eigenvalue weighted by Gasteiger charge is -2.32. The Morgan fingerprint density at radius 3 is 3.07 bits per heavy atom. The number of rotatable bonds is 3. The Balaban J connectivity index is 1.83. The molecule has 0 aromatic heterocycles. The molecule has 2 aliphatic rings. The molecule has 0 aromatic rings. The molecule has 0 radical (unpaired) electrons. The van der Waals surface area contributed by atoms with E-state index in [0.29, 0.717) is 18.6 Å². The second kappa shape index (κ2) is 4.81. The number of hydrogen-bond donors (Lipinski definition) is 3. The minimum atomic E-state index is 0.268. The molecule has 0 aromatic carbocycles. The number of hydrogen-bond acceptors (Lipinski definition) is 4.